The van der Waals surface area contributed by atoms with Gasteiger partial charge in [-0.2, -0.15) is 4.98 Å². The summed E-state index contributed by atoms with van der Waals surface area (Å²) in [5.41, 5.74) is 0.151. The molecule has 1 saturated heterocycles. The number of halogens is 1. The SMILES string of the molecule is CC[C@]1(CO)O[C@@H](n2ccc(NC(c3ccccc3)(c3ccccc3)c3ccc(OC)cc3)nc2=O)[C@H](F)[C@@H]1C. The van der Waals surface area contributed by atoms with E-state index in [0.29, 0.717) is 12.2 Å². The van der Waals surface area contributed by atoms with E-state index in [-0.39, 0.29) is 6.61 Å². The largest absolute Gasteiger partial charge is 0.497 e. The Hall–Kier alpha value is -4.01. The van der Waals surface area contributed by atoms with Crippen LogP contribution in [0, 0.1) is 5.92 Å². The quantitative estimate of drug-likeness (QED) is 0.279. The second-order valence-corrected chi connectivity index (χ2v) is 10.2. The molecule has 0 amide bonds. The third kappa shape index (κ3) is 4.67. The van der Waals surface area contributed by atoms with Crippen LogP contribution in [-0.2, 0) is 10.3 Å². The minimum absolute atomic E-state index is 0.315. The summed E-state index contributed by atoms with van der Waals surface area (Å²) in [5, 5.41) is 13.5. The lowest BCUT2D eigenvalue weighted by Crippen LogP contribution is -2.40. The van der Waals surface area contributed by atoms with Crippen molar-refractivity contribution < 1.29 is 19.0 Å². The predicted octanol–water partition coefficient (Wildman–Crippen LogP) is 5.30. The molecule has 40 heavy (non-hydrogen) atoms. The van der Waals surface area contributed by atoms with Crippen LogP contribution in [-0.4, -0.2) is 40.1 Å². The number of benzene rings is 3. The molecule has 1 aliphatic rings. The highest BCUT2D eigenvalue weighted by Crippen LogP contribution is 2.45. The van der Waals surface area contributed by atoms with E-state index in [2.05, 4.69) is 10.3 Å². The van der Waals surface area contributed by atoms with Crippen LogP contribution in [0.3, 0.4) is 0 Å². The number of hydrogen-bond acceptors (Lipinski definition) is 6. The van der Waals surface area contributed by atoms with Crippen molar-refractivity contribution in [3.63, 3.8) is 0 Å². The van der Waals surface area contributed by atoms with Crippen molar-refractivity contribution in [1.82, 2.24) is 9.55 Å². The standard InChI is InChI=1S/C32H34FN3O4/c1-4-31(21-37)22(2)28(33)29(40-31)36-20-19-27(34-30(36)38)35-32(23-11-7-5-8-12-23,24-13-9-6-10-14-24)25-15-17-26(39-3)18-16-25/h5-20,22,28-29,37H,4,21H2,1-3H3,(H,34,35,38)/t22-,28+,29+,31+/m0/s1. The zero-order valence-corrected chi connectivity index (χ0v) is 22.8. The first-order chi connectivity index (χ1) is 19.4. The van der Waals surface area contributed by atoms with Gasteiger partial charge in [-0.1, -0.05) is 86.6 Å². The summed E-state index contributed by atoms with van der Waals surface area (Å²) in [6.07, 6.45) is -0.732. The predicted molar refractivity (Wildman–Crippen MR) is 152 cm³/mol. The second kappa shape index (κ2) is 11.2. The van der Waals surface area contributed by atoms with Crippen LogP contribution < -0.4 is 15.7 Å². The van der Waals surface area contributed by atoms with Gasteiger partial charge < -0.3 is 19.9 Å². The van der Waals surface area contributed by atoms with Gasteiger partial charge in [0.05, 0.1) is 19.3 Å². The molecule has 0 unspecified atom stereocenters. The van der Waals surface area contributed by atoms with Gasteiger partial charge in [-0.05, 0) is 41.3 Å². The highest BCUT2D eigenvalue weighted by atomic mass is 19.1. The number of ether oxygens (including phenoxy) is 2. The van der Waals surface area contributed by atoms with E-state index >= 15 is 4.39 Å². The van der Waals surface area contributed by atoms with Crippen molar-refractivity contribution in [2.24, 2.45) is 5.92 Å². The number of rotatable bonds is 9. The van der Waals surface area contributed by atoms with Gasteiger partial charge in [-0.3, -0.25) is 4.57 Å². The average molecular weight is 544 g/mol. The fourth-order valence-corrected chi connectivity index (χ4v) is 5.66. The maximum Gasteiger partial charge on any atom is 0.351 e. The normalized spacial score (nSPS) is 22.7. The van der Waals surface area contributed by atoms with Crippen molar-refractivity contribution in [2.45, 2.75) is 43.8 Å². The van der Waals surface area contributed by atoms with E-state index < -0.39 is 35.1 Å². The number of nitrogens with zero attached hydrogens (tertiary/aromatic N) is 2. The number of aliphatic hydroxyl groups excluding tert-OH is 1. The van der Waals surface area contributed by atoms with Gasteiger partial charge in [-0.25, -0.2) is 9.18 Å². The number of hydrogen-bond donors (Lipinski definition) is 2. The first-order valence-corrected chi connectivity index (χ1v) is 13.4. The summed E-state index contributed by atoms with van der Waals surface area (Å²) in [4.78, 5) is 17.7. The van der Waals surface area contributed by atoms with Crippen LogP contribution >= 0.6 is 0 Å². The number of aromatic nitrogens is 2. The Kier molecular flexibility index (Phi) is 7.74. The molecule has 0 saturated carbocycles. The fourth-order valence-electron chi connectivity index (χ4n) is 5.66. The van der Waals surface area contributed by atoms with E-state index in [4.69, 9.17) is 9.47 Å². The molecule has 5 rings (SSSR count). The number of aliphatic hydroxyl groups is 1. The fraction of sp³-hybridized carbons (Fsp3) is 0.312. The van der Waals surface area contributed by atoms with Crippen molar-refractivity contribution in [2.75, 3.05) is 19.0 Å². The third-order valence-electron chi connectivity index (χ3n) is 8.16. The van der Waals surface area contributed by atoms with E-state index in [0.717, 1.165) is 22.4 Å². The van der Waals surface area contributed by atoms with Crippen LogP contribution in [0.25, 0.3) is 0 Å². The van der Waals surface area contributed by atoms with Gasteiger partial charge in [0.1, 0.15) is 17.1 Å². The summed E-state index contributed by atoms with van der Waals surface area (Å²) in [7, 11) is 1.62. The minimum atomic E-state index is -1.47. The lowest BCUT2D eigenvalue weighted by molar-refractivity contribution is -0.115. The molecular weight excluding hydrogens is 509 g/mol. The molecule has 4 atom stereocenters. The van der Waals surface area contributed by atoms with Gasteiger partial charge in [0.25, 0.3) is 0 Å². The van der Waals surface area contributed by atoms with Gasteiger partial charge in [0.2, 0.25) is 0 Å². The molecule has 208 valence electrons. The molecule has 1 aliphatic heterocycles. The molecule has 1 fully saturated rings. The molecule has 8 heteroatoms. The molecule has 0 aliphatic carbocycles. The Bertz CT molecular complexity index is 1430. The molecular formula is C32H34FN3O4. The maximum absolute atomic E-state index is 15.4. The first kappa shape index (κ1) is 27.6. The lowest BCUT2D eigenvalue weighted by atomic mass is 9.77. The second-order valence-electron chi connectivity index (χ2n) is 10.2. The summed E-state index contributed by atoms with van der Waals surface area (Å²) in [5.74, 6) is 0.448. The Morgan fingerprint density at radius 1 is 1.00 bits per heavy atom. The smallest absolute Gasteiger partial charge is 0.351 e. The van der Waals surface area contributed by atoms with Gasteiger partial charge in [-0.15, -0.1) is 0 Å². The number of anilines is 1. The first-order valence-electron chi connectivity index (χ1n) is 13.4. The van der Waals surface area contributed by atoms with E-state index in [9.17, 15) is 9.90 Å². The van der Waals surface area contributed by atoms with Crippen molar-refractivity contribution in [3.05, 3.63) is 124 Å². The van der Waals surface area contributed by atoms with Crippen molar-refractivity contribution in [3.8, 4) is 5.75 Å². The van der Waals surface area contributed by atoms with E-state index in [1.807, 2.05) is 91.9 Å². The van der Waals surface area contributed by atoms with Crippen LogP contribution in [0.15, 0.2) is 102 Å². The summed E-state index contributed by atoms with van der Waals surface area (Å²) < 4.78 is 27.9. The number of nitrogens with one attached hydrogen (secondary N) is 1. The van der Waals surface area contributed by atoms with Gasteiger partial charge in [0, 0.05) is 12.1 Å². The monoisotopic (exact) mass is 543 g/mol. The van der Waals surface area contributed by atoms with Gasteiger partial charge >= 0.3 is 5.69 Å². The molecule has 0 bridgehead atoms. The third-order valence-corrected chi connectivity index (χ3v) is 8.16. The van der Waals surface area contributed by atoms with Crippen LogP contribution in [0.4, 0.5) is 10.2 Å². The van der Waals surface area contributed by atoms with Crippen molar-refractivity contribution >= 4 is 5.82 Å². The van der Waals surface area contributed by atoms with E-state index in [1.54, 1.807) is 20.1 Å². The molecule has 4 aromatic rings. The van der Waals surface area contributed by atoms with Crippen LogP contribution in [0.5, 0.6) is 5.75 Å². The van der Waals surface area contributed by atoms with Gasteiger partial charge in [0.15, 0.2) is 12.4 Å². The zero-order chi connectivity index (χ0) is 28.3. The molecule has 3 aromatic carbocycles. The average Bonchev–Trinajstić information content (AvgIpc) is 3.26. The molecule has 2 N–H and O–H groups in total. The Morgan fingerprint density at radius 2 is 1.57 bits per heavy atom. The van der Waals surface area contributed by atoms with E-state index in [1.165, 1.54) is 10.8 Å². The summed E-state index contributed by atoms with van der Waals surface area (Å²) in [6.45, 7) is 3.20. The molecule has 7 nitrogen and oxygen atoms in total. The Balaban J connectivity index is 1.61. The molecule has 2 heterocycles. The minimum Gasteiger partial charge on any atom is -0.497 e. The molecule has 0 radical (unpaired) electrons. The molecule has 1 aromatic heterocycles. The zero-order valence-electron chi connectivity index (χ0n) is 22.8. The number of methoxy groups -OCH3 is 1. The van der Waals surface area contributed by atoms with Crippen LogP contribution in [0.1, 0.15) is 43.2 Å². The van der Waals surface area contributed by atoms with Crippen LogP contribution in [0.2, 0.25) is 0 Å². The number of alkyl halides is 1. The Labute approximate surface area is 233 Å². The topological polar surface area (TPSA) is 85.6 Å². The summed E-state index contributed by atoms with van der Waals surface area (Å²) in [6, 6.07) is 29.2. The Morgan fingerprint density at radius 3 is 2.05 bits per heavy atom. The highest BCUT2D eigenvalue weighted by Gasteiger charge is 2.53. The summed E-state index contributed by atoms with van der Waals surface area (Å²) >= 11 is 0. The molecule has 0 spiro atoms. The maximum atomic E-state index is 15.4. The highest BCUT2D eigenvalue weighted by molar-refractivity contribution is 5.58. The lowest BCUT2D eigenvalue weighted by Gasteiger charge is -2.37. The van der Waals surface area contributed by atoms with Crippen molar-refractivity contribution in [1.29, 1.82) is 0 Å².